The van der Waals surface area contributed by atoms with Crippen molar-refractivity contribution in [1.29, 1.82) is 0 Å². The van der Waals surface area contributed by atoms with Crippen molar-refractivity contribution in [3.05, 3.63) is 93.9 Å². The molecule has 1 N–H and O–H groups in total. The first-order valence-corrected chi connectivity index (χ1v) is 8.44. The van der Waals surface area contributed by atoms with Crippen molar-refractivity contribution in [2.45, 2.75) is 18.4 Å². The molecular formula is C20H15F2N3O2. The third kappa shape index (κ3) is 3.62. The van der Waals surface area contributed by atoms with Crippen molar-refractivity contribution in [2.75, 3.05) is 0 Å². The predicted octanol–water partition coefficient (Wildman–Crippen LogP) is 2.80. The summed E-state index contributed by atoms with van der Waals surface area (Å²) in [5, 5.41) is 6.92. The molecule has 4 rings (SSSR count). The number of halogens is 2. The van der Waals surface area contributed by atoms with Gasteiger partial charge in [0.05, 0.1) is 5.69 Å². The highest BCUT2D eigenvalue weighted by Gasteiger charge is 2.40. The van der Waals surface area contributed by atoms with Crippen molar-refractivity contribution in [1.82, 2.24) is 15.1 Å². The average molecular weight is 367 g/mol. The Hall–Kier alpha value is -3.35. The van der Waals surface area contributed by atoms with Gasteiger partial charge < -0.3 is 5.32 Å². The number of carbonyl (C=O) groups is 1. The summed E-state index contributed by atoms with van der Waals surface area (Å²) in [7, 11) is 0. The molecule has 5 nitrogen and oxygen atoms in total. The molecule has 0 unspecified atom stereocenters. The summed E-state index contributed by atoms with van der Waals surface area (Å²) in [5.41, 5.74) is 0.843. The van der Waals surface area contributed by atoms with E-state index < -0.39 is 17.3 Å². The molecule has 1 fully saturated rings. The lowest BCUT2D eigenvalue weighted by atomic mass is 10.1. The Balaban J connectivity index is 1.51. The van der Waals surface area contributed by atoms with Crippen LogP contribution in [0.2, 0.25) is 0 Å². The molecular weight excluding hydrogens is 352 g/mol. The number of hydrogen-bond donors (Lipinski definition) is 1. The van der Waals surface area contributed by atoms with E-state index in [0.29, 0.717) is 12.1 Å². The fourth-order valence-corrected chi connectivity index (χ4v) is 3.00. The zero-order valence-corrected chi connectivity index (χ0v) is 14.1. The van der Waals surface area contributed by atoms with Gasteiger partial charge in [0.1, 0.15) is 17.3 Å². The summed E-state index contributed by atoms with van der Waals surface area (Å²) < 4.78 is 27.4. The molecule has 27 heavy (non-hydrogen) atoms. The fourth-order valence-electron chi connectivity index (χ4n) is 3.00. The Labute approximate surface area is 153 Å². The molecule has 136 valence electrons. The number of nitrogens with zero attached hydrogens (tertiary/aromatic N) is 2. The maximum absolute atomic E-state index is 13.3. The highest BCUT2D eigenvalue weighted by atomic mass is 19.1. The zero-order chi connectivity index (χ0) is 19.0. The van der Waals surface area contributed by atoms with E-state index in [4.69, 9.17) is 0 Å². The highest BCUT2D eigenvalue weighted by molar-refractivity contribution is 5.92. The second-order valence-corrected chi connectivity index (χ2v) is 6.42. The summed E-state index contributed by atoms with van der Waals surface area (Å²) in [6.45, 7) is 0. The quantitative estimate of drug-likeness (QED) is 0.771. The third-order valence-electron chi connectivity index (χ3n) is 4.49. The van der Waals surface area contributed by atoms with Gasteiger partial charge in [-0.25, -0.2) is 8.78 Å². The summed E-state index contributed by atoms with van der Waals surface area (Å²) in [4.78, 5) is 24.5. The summed E-state index contributed by atoms with van der Waals surface area (Å²) in [5.74, 6) is -1.10. The lowest BCUT2D eigenvalue weighted by molar-refractivity contribution is 0.0943. The van der Waals surface area contributed by atoms with E-state index in [1.54, 1.807) is 6.07 Å². The number of rotatable bonds is 4. The van der Waals surface area contributed by atoms with Crippen molar-refractivity contribution < 1.29 is 13.6 Å². The largest absolute Gasteiger partial charge is 0.347 e. The molecule has 0 saturated heterocycles. The fraction of sp³-hybridized carbons (Fsp3) is 0.150. The first kappa shape index (κ1) is 17.1. The number of aromatic nitrogens is 2. The van der Waals surface area contributed by atoms with Crippen LogP contribution in [0.15, 0.2) is 65.5 Å². The smallest absolute Gasteiger partial charge is 0.271 e. The first-order chi connectivity index (χ1) is 13.0. The Morgan fingerprint density at radius 1 is 1.04 bits per heavy atom. The van der Waals surface area contributed by atoms with Crippen molar-refractivity contribution in [2.24, 2.45) is 0 Å². The molecule has 0 bridgehead atoms. The van der Waals surface area contributed by atoms with E-state index in [9.17, 15) is 18.4 Å². The molecule has 0 spiro atoms. The van der Waals surface area contributed by atoms with Crippen LogP contribution in [-0.4, -0.2) is 21.7 Å². The van der Waals surface area contributed by atoms with Gasteiger partial charge in [-0.05, 0) is 54.4 Å². The average Bonchev–Trinajstić information content (AvgIpc) is 3.42. The number of amides is 1. The van der Waals surface area contributed by atoms with E-state index in [-0.39, 0.29) is 23.5 Å². The van der Waals surface area contributed by atoms with Crippen LogP contribution in [0.25, 0.3) is 5.69 Å². The third-order valence-corrected chi connectivity index (χ3v) is 4.49. The van der Waals surface area contributed by atoms with E-state index in [0.717, 1.165) is 10.2 Å². The van der Waals surface area contributed by atoms with Crippen molar-refractivity contribution >= 4 is 5.91 Å². The number of carbonyl (C=O) groups excluding carboxylic acids is 1. The van der Waals surface area contributed by atoms with Crippen LogP contribution < -0.4 is 10.9 Å². The molecule has 3 aromatic rings. The van der Waals surface area contributed by atoms with Gasteiger partial charge in [-0.2, -0.15) is 9.78 Å². The Morgan fingerprint density at radius 3 is 2.56 bits per heavy atom. The molecule has 1 heterocycles. The molecule has 0 radical (unpaired) electrons. The molecule has 0 aliphatic heterocycles. The highest BCUT2D eigenvalue weighted by Crippen LogP contribution is 2.40. The van der Waals surface area contributed by atoms with E-state index in [1.807, 2.05) is 6.07 Å². The summed E-state index contributed by atoms with van der Waals surface area (Å²) >= 11 is 0. The second kappa shape index (κ2) is 6.75. The minimum Gasteiger partial charge on any atom is -0.347 e. The lowest BCUT2D eigenvalue weighted by Crippen LogP contribution is -2.30. The number of nitrogens with one attached hydrogen (secondary N) is 1. The number of benzene rings is 2. The Kier molecular flexibility index (Phi) is 4.27. The molecule has 2 atom stereocenters. The van der Waals surface area contributed by atoms with Crippen LogP contribution in [0, 0.1) is 11.6 Å². The maximum atomic E-state index is 13.3. The van der Waals surface area contributed by atoms with Gasteiger partial charge in [-0.15, -0.1) is 0 Å². The van der Waals surface area contributed by atoms with Crippen LogP contribution in [-0.2, 0) is 0 Å². The van der Waals surface area contributed by atoms with Gasteiger partial charge in [-0.3, -0.25) is 9.59 Å². The molecule has 1 aliphatic rings. The van der Waals surface area contributed by atoms with Crippen molar-refractivity contribution in [3.63, 3.8) is 0 Å². The van der Waals surface area contributed by atoms with E-state index >= 15 is 0 Å². The van der Waals surface area contributed by atoms with Crippen LogP contribution in [0.5, 0.6) is 0 Å². The maximum Gasteiger partial charge on any atom is 0.271 e. The Morgan fingerprint density at radius 2 is 1.81 bits per heavy atom. The number of hydrogen-bond acceptors (Lipinski definition) is 3. The normalized spacial score (nSPS) is 18.1. The predicted molar refractivity (Wildman–Crippen MR) is 94.8 cm³/mol. The molecule has 1 aliphatic carbocycles. The minimum atomic E-state index is -0.433. The SMILES string of the molecule is O=C(N[C@@H]1C[C@@H]1c1cccc(F)c1)c1ccc(=O)n(-c2ccc(F)cc2)n1. The van der Waals surface area contributed by atoms with Gasteiger partial charge >= 0.3 is 0 Å². The molecule has 7 heteroatoms. The second-order valence-electron chi connectivity index (χ2n) is 6.42. The van der Waals surface area contributed by atoms with Gasteiger partial charge in [0, 0.05) is 18.0 Å². The Bertz CT molecular complexity index is 1060. The molecule has 1 amide bonds. The van der Waals surface area contributed by atoms with Crippen LogP contribution >= 0.6 is 0 Å². The van der Waals surface area contributed by atoms with Gasteiger partial charge in [-0.1, -0.05) is 12.1 Å². The van der Waals surface area contributed by atoms with E-state index in [2.05, 4.69) is 10.4 Å². The first-order valence-electron chi connectivity index (χ1n) is 8.44. The molecule has 2 aromatic carbocycles. The molecule has 1 saturated carbocycles. The topological polar surface area (TPSA) is 64.0 Å². The zero-order valence-electron chi connectivity index (χ0n) is 14.1. The monoisotopic (exact) mass is 367 g/mol. The van der Waals surface area contributed by atoms with Gasteiger partial charge in [0.25, 0.3) is 11.5 Å². The van der Waals surface area contributed by atoms with Crippen LogP contribution in [0.1, 0.15) is 28.4 Å². The van der Waals surface area contributed by atoms with Crippen molar-refractivity contribution in [3.8, 4) is 5.69 Å². The van der Waals surface area contributed by atoms with Gasteiger partial charge in [0.2, 0.25) is 0 Å². The summed E-state index contributed by atoms with van der Waals surface area (Å²) in [6.07, 6.45) is 0.715. The minimum absolute atomic E-state index is 0.0626. The summed E-state index contributed by atoms with van der Waals surface area (Å²) in [6, 6.07) is 14.0. The van der Waals surface area contributed by atoms with Gasteiger partial charge in [0.15, 0.2) is 0 Å². The molecule has 1 aromatic heterocycles. The standard InChI is InChI=1S/C20H15F2N3O2/c21-13-4-6-15(7-5-13)25-19(26)9-8-17(24-25)20(27)23-18-11-16(18)12-2-1-3-14(22)10-12/h1-10,16,18H,11H2,(H,23,27)/t16-,18-/m1/s1. The van der Waals surface area contributed by atoms with E-state index in [1.165, 1.54) is 48.5 Å². The van der Waals surface area contributed by atoms with Crippen LogP contribution in [0.3, 0.4) is 0 Å². The lowest BCUT2D eigenvalue weighted by Gasteiger charge is -2.08. The van der Waals surface area contributed by atoms with Crippen LogP contribution in [0.4, 0.5) is 8.78 Å².